The van der Waals surface area contributed by atoms with E-state index in [-0.39, 0.29) is 50.1 Å². The molecular weight excluding hydrogens is 879 g/mol. The number of fused-ring (bicyclic) bond motifs is 1. The van der Waals surface area contributed by atoms with Crippen LogP contribution >= 0.6 is 0 Å². The van der Waals surface area contributed by atoms with E-state index in [1.54, 1.807) is 49.9 Å². The zero-order valence-corrected chi connectivity index (χ0v) is 38.5. The van der Waals surface area contributed by atoms with Crippen molar-refractivity contribution in [2.45, 2.75) is 163 Å². The van der Waals surface area contributed by atoms with Crippen LogP contribution in [0.25, 0.3) is 0 Å². The van der Waals surface area contributed by atoms with E-state index in [1.807, 2.05) is 0 Å². The molecule has 6 aliphatic rings. The van der Waals surface area contributed by atoms with Crippen molar-refractivity contribution in [3.05, 3.63) is 35.4 Å². The molecule has 5 saturated carbocycles. The number of aliphatic hydroxyl groups excluding tert-OH is 10. The number of ether oxygens (including phenoxy) is 3. The monoisotopic (exact) mass is 949 g/mol. The van der Waals surface area contributed by atoms with E-state index in [4.69, 9.17) is 24.4 Å². The minimum Gasteiger partial charge on any atom is -0.445 e. The summed E-state index contributed by atoms with van der Waals surface area (Å²) in [5.41, 5.74) is -0.752. The maximum Gasteiger partial charge on any atom is 0.408 e. The first kappa shape index (κ1) is 52.6. The van der Waals surface area contributed by atoms with Crippen molar-refractivity contribution in [3.8, 4) is 6.07 Å². The molecule has 67 heavy (non-hydrogen) atoms. The van der Waals surface area contributed by atoms with Crippen LogP contribution in [0.4, 0.5) is 9.59 Å². The van der Waals surface area contributed by atoms with E-state index in [0.29, 0.717) is 29.9 Å². The van der Waals surface area contributed by atoms with Gasteiger partial charge in [-0.2, -0.15) is 5.26 Å². The van der Waals surface area contributed by atoms with Gasteiger partial charge in [0.25, 0.3) is 0 Å². The Balaban J connectivity index is 1.02. The minimum absolute atomic E-state index is 0.0120. The van der Waals surface area contributed by atoms with Crippen LogP contribution in [0.5, 0.6) is 0 Å². The number of amides is 3. The smallest absolute Gasteiger partial charge is 0.408 e. The Labute approximate surface area is 390 Å². The van der Waals surface area contributed by atoms with Crippen molar-refractivity contribution >= 4 is 18.1 Å². The lowest BCUT2D eigenvalue weighted by molar-refractivity contribution is -0.201. The second kappa shape index (κ2) is 21.9. The Morgan fingerprint density at radius 2 is 1.36 bits per heavy atom. The normalized spacial score (nSPS) is 30.2. The number of aliphatic hydroxyl groups is 10. The zero-order valence-electron chi connectivity index (χ0n) is 38.5. The third-order valence-corrected chi connectivity index (χ3v) is 14.2. The molecule has 0 aromatic heterocycles. The summed E-state index contributed by atoms with van der Waals surface area (Å²) in [6, 6.07) is 7.55. The minimum atomic E-state index is -1.93. The van der Waals surface area contributed by atoms with Gasteiger partial charge in [-0.25, -0.2) is 9.59 Å². The van der Waals surface area contributed by atoms with E-state index in [2.05, 4.69) is 16.7 Å². The number of likely N-dealkylation sites (tertiary alicyclic amines) is 1. The molecule has 1 aromatic rings. The van der Waals surface area contributed by atoms with Crippen LogP contribution in [-0.4, -0.2) is 197 Å². The third-order valence-electron chi connectivity index (χ3n) is 14.2. The number of hydrogen-bond acceptors (Lipinski definition) is 18. The van der Waals surface area contributed by atoms with Gasteiger partial charge in [-0.05, 0) is 101 Å². The first-order valence-electron chi connectivity index (χ1n) is 23.3. The van der Waals surface area contributed by atoms with Crippen LogP contribution in [0.15, 0.2) is 24.3 Å². The predicted octanol–water partition coefficient (Wildman–Crippen LogP) is -1.65. The molecule has 0 radical (unpaired) electrons. The maximum absolute atomic E-state index is 14.6. The van der Waals surface area contributed by atoms with Crippen molar-refractivity contribution < 1.29 is 79.7 Å². The molecule has 6 fully saturated rings. The van der Waals surface area contributed by atoms with Crippen LogP contribution in [0.1, 0.15) is 83.3 Å². The van der Waals surface area contributed by atoms with Gasteiger partial charge in [-0.3, -0.25) is 9.69 Å². The summed E-state index contributed by atoms with van der Waals surface area (Å²) in [5.74, 6) is 0.642. The molecule has 0 spiro atoms. The van der Waals surface area contributed by atoms with Gasteiger partial charge in [-0.15, -0.1) is 0 Å². The molecule has 2 unspecified atom stereocenters. The van der Waals surface area contributed by atoms with Gasteiger partial charge in [0, 0.05) is 37.6 Å². The van der Waals surface area contributed by atoms with Gasteiger partial charge < -0.3 is 80.8 Å². The fraction of sp³-hybridized carbons (Fsp3) is 0.783. The predicted molar refractivity (Wildman–Crippen MR) is 234 cm³/mol. The number of nitriles is 1. The fourth-order valence-corrected chi connectivity index (χ4v) is 11.4. The lowest BCUT2D eigenvalue weighted by Gasteiger charge is -2.63. The topological polar surface area (TPSA) is 336 Å². The molecule has 1 aromatic carbocycles. The molecule has 7 rings (SSSR count). The quantitative estimate of drug-likeness (QED) is 0.0547. The average molecular weight is 950 g/mol. The highest BCUT2D eigenvalue weighted by atomic mass is 16.6. The molecule has 376 valence electrons. The SMILES string of the molecule is CC(C)(C)OC(=O)N[C@H](C(=O)N1[C@H](C#N)C[C@@H]2C[C@@H]21)C12CC3CC(CC(OCCNC(=O)OCc4ccc(CN(C[C@H](O)[C@@H](O)[C@H](O)[C@H](O)CO)C[C@H](O)[C@@H](O)[C@H](O)[C@H](O)CO)cc4)(C3)C1)C2. The lowest BCUT2D eigenvalue weighted by atomic mass is 9.46. The van der Waals surface area contributed by atoms with Crippen LogP contribution in [0.3, 0.4) is 0 Å². The zero-order chi connectivity index (χ0) is 49.0. The second-order valence-electron chi connectivity index (χ2n) is 20.7. The first-order chi connectivity index (χ1) is 31.6. The summed E-state index contributed by atoms with van der Waals surface area (Å²) in [7, 11) is 0. The van der Waals surface area contributed by atoms with Gasteiger partial charge in [0.2, 0.25) is 5.91 Å². The molecule has 1 heterocycles. The third kappa shape index (κ3) is 12.9. The number of carbonyl (C=O) groups is 3. The number of rotatable bonds is 23. The number of hydrogen-bond donors (Lipinski definition) is 12. The fourth-order valence-electron chi connectivity index (χ4n) is 11.4. The Kier molecular flexibility index (Phi) is 17.2. The molecule has 12 N–H and O–H groups in total. The van der Waals surface area contributed by atoms with E-state index >= 15 is 0 Å². The molecule has 21 nitrogen and oxygen atoms in total. The molecular formula is C46H71N5O16. The van der Waals surface area contributed by atoms with Crippen LogP contribution in [-0.2, 0) is 32.2 Å². The Morgan fingerprint density at radius 1 is 0.806 bits per heavy atom. The van der Waals surface area contributed by atoms with Gasteiger partial charge in [-0.1, -0.05) is 24.3 Å². The molecule has 14 atom stereocenters. The average Bonchev–Trinajstić information content (AvgIpc) is 3.94. The Bertz CT molecular complexity index is 1840. The molecule has 1 aliphatic heterocycles. The van der Waals surface area contributed by atoms with Gasteiger partial charge >= 0.3 is 12.2 Å². The van der Waals surface area contributed by atoms with Crippen molar-refractivity contribution in [2.75, 3.05) is 39.5 Å². The van der Waals surface area contributed by atoms with Crippen molar-refractivity contribution in [1.29, 1.82) is 5.26 Å². The molecule has 3 amide bonds. The highest BCUT2D eigenvalue weighted by Gasteiger charge is 2.64. The van der Waals surface area contributed by atoms with E-state index in [1.165, 1.54) is 4.90 Å². The second-order valence-corrected chi connectivity index (χ2v) is 20.7. The van der Waals surface area contributed by atoms with Gasteiger partial charge in [0.15, 0.2) is 0 Å². The first-order valence-corrected chi connectivity index (χ1v) is 23.3. The number of nitrogens with one attached hydrogen (secondary N) is 2. The Morgan fingerprint density at radius 3 is 1.90 bits per heavy atom. The van der Waals surface area contributed by atoms with Crippen molar-refractivity contribution in [1.82, 2.24) is 20.4 Å². The highest BCUT2D eigenvalue weighted by Crippen LogP contribution is 2.64. The Hall–Kier alpha value is -3.76. The van der Waals surface area contributed by atoms with Crippen molar-refractivity contribution in [3.63, 3.8) is 0 Å². The van der Waals surface area contributed by atoms with E-state index in [0.717, 1.165) is 38.5 Å². The maximum atomic E-state index is 14.6. The summed E-state index contributed by atoms with van der Waals surface area (Å²) in [6.45, 7) is 2.82. The highest BCUT2D eigenvalue weighted by molar-refractivity contribution is 5.88. The van der Waals surface area contributed by atoms with Crippen LogP contribution in [0, 0.1) is 34.5 Å². The summed E-state index contributed by atoms with van der Waals surface area (Å²) >= 11 is 0. The number of nitrogens with zero attached hydrogens (tertiary/aromatic N) is 3. The molecule has 5 aliphatic carbocycles. The van der Waals surface area contributed by atoms with Crippen LogP contribution in [0.2, 0.25) is 0 Å². The van der Waals surface area contributed by atoms with Crippen molar-refractivity contribution in [2.24, 2.45) is 23.2 Å². The van der Waals surface area contributed by atoms with E-state index < -0.39 is 116 Å². The number of piperidine rings is 1. The standard InChI is InChI=1S/C46H71N5O16/c1-44(2,3)67-43(64)49-40(41(62)51-30(17-47)11-29-12-31(29)51)45-13-27-10-28(14-45)16-46(15-27,24-45)66-9-8-48-42(63)65-23-26-6-4-25(5-7-26)18-50(19-32(54)36(58)38(60)34(56)21-52)20-33(55)37(59)39(61)35(57)22-53/h4-7,27-40,52-61H,8-16,18-24H2,1-3H3,(H,48,63)(H,49,64)/t27?,28?,29-,30+,31+,32+,33+,34-,35-,36-,37-,38-,39-,40-,45?,46?/m1/s1. The summed E-state index contributed by atoms with van der Waals surface area (Å²) in [4.78, 5) is 43.8. The molecule has 21 heteroatoms. The number of benzene rings is 1. The van der Waals surface area contributed by atoms with E-state index in [9.17, 15) is 60.5 Å². The summed E-state index contributed by atoms with van der Waals surface area (Å²) in [6.07, 6.45) is -9.89. The van der Waals surface area contributed by atoms with Gasteiger partial charge in [0.1, 0.15) is 60.9 Å². The summed E-state index contributed by atoms with van der Waals surface area (Å²) < 4.78 is 17.8. The van der Waals surface area contributed by atoms with Gasteiger partial charge in [0.05, 0.1) is 43.7 Å². The number of carbonyl (C=O) groups excluding carboxylic acids is 3. The molecule has 4 bridgehead atoms. The lowest BCUT2D eigenvalue weighted by Crippen LogP contribution is -2.67. The summed E-state index contributed by atoms with van der Waals surface area (Å²) in [5, 5.41) is 116. The van der Waals surface area contributed by atoms with Crippen LogP contribution < -0.4 is 10.6 Å². The number of alkyl carbamates (subject to hydrolysis) is 2. The molecule has 1 saturated heterocycles. The largest absolute Gasteiger partial charge is 0.445 e.